The van der Waals surface area contributed by atoms with Crippen molar-refractivity contribution in [3.63, 3.8) is 0 Å². The predicted molar refractivity (Wildman–Crippen MR) is 104 cm³/mol. The lowest BCUT2D eigenvalue weighted by Gasteiger charge is -2.11. The second-order valence-corrected chi connectivity index (χ2v) is 6.01. The minimum absolute atomic E-state index is 0.113. The summed E-state index contributed by atoms with van der Waals surface area (Å²) in [4.78, 5) is 34.7. The molecule has 0 radical (unpaired) electrons. The number of nitrogens with one attached hydrogen (secondary N) is 1. The maximum absolute atomic E-state index is 12.9. The van der Waals surface area contributed by atoms with E-state index in [1.54, 1.807) is 19.1 Å². The topological polar surface area (TPSA) is 117 Å². The molecule has 2 aromatic rings. The zero-order chi connectivity index (χ0) is 22.1. The standard InChI is InChI=1S/C20H21FN2O7/c1-3-29-18-11-16(23(26)27)15(10-17(18)28-2)20(25)30-12-19(24)22-9-8-13-4-6-14(21)7-5-13/h4-7,10-11H,3,8-9,12H2,1-2H3,(H,22,24). The first kappa shape index (κ1) is 22.6. The van der Waals surface area contributed by atoms with E-state index >= 15 is 0 Å². The predicted octanol–water partition coefficient (Wildman–Crippen LogP) is 2.66. The van der Waals surface area contributed by atoms with Crippen LogP contribution in [0.15, 0.2) is 36.4 Å². The summed E-state index contributed by atoms with van der Waals surface area (Å²) in [6, 6.07) is 8.04. The molecule has 1 amide bonds. The number of methoxy groups -OCH3 is 1. The Kier molecular flexibility index (Phi) is 8.09. The molecule has 160 valence electrons. The first-order valence-corrected chi connectivity index (χ1v) is 9.03. The van der Waals surface area contributed by atoms with E-state index in [2.05, 4.69) is 5.32 Å². The SMILES string of the molecule is CCOc1cc([N+](=O)[O-])c(C(=O)OCC(=O)NCCc2ccc(F)cc2)cc1OC. The van der Waals surface area contributed by atoms with Gasteiger partial charge < -0.3 is 19.5 Å². The first-order chi connectivity index (χ1) is 14.3. The Morgan fingerprint density at radius 3 is 2.47 bits per heavy atom. The van der Waals surface area contributed by atoms with Gasteiger partial charge in [0, 0.05) is 12.6 Å². The highest BCUT2D eigenvalue weighted by Crippen LogP contribution is 2.35. The molecule has 30 heavy (non-hydrogen) atoms. The number of carbonyl (C=O) groups excluding carboxylic acids is 2. The largest absolute Gasteiger partial charge is 0.493 e. The van der Waals surface area contributed by atoms with E-state index in [-0.39, 0.29) is 36.0 Å². The van der Waals surface area contributed by atoms with Gasteiger partial charge in [-0.05, 0) is 31.0 Å². The average Bonchev–Trinajstić information content (AvgIpc) is 2.73. The number of esters is 1. The van der Waals surface area contributed by atoms with Gasteiger partial charge in [0.15, 0.2) is 18.1 Å². The van der Waals surface area contributed by atoms with Crippen LogP contribution in [0, 0.1) is 15.9 Å². The van der Waals surface area contributed by atoms with E-state index in [9.17, 15) is 24.1 Å². The zero-order valence-corrected chi connectivity index (χ0v) is 16.5. The molecule has 0 fully saturated rings. The van der Waals surface area contributed by atoms with Crippen molar-refractivity contribution in [2.24, 2.45) is 0 Å². The van der Waals surface area contributed by atoms with Gasteiger partial charge in [-0.3, -0.25) is 14.9 Å². The van der Waals surface area contributed by atoms with Crippen LogP contribution >= 0.6 is 0 Å². The van der Waals surface area contributed by atoms with Gasteiger partial charge in [-0.2, -0.15) is 0 Å². The lowest BCUT2D eigenvalue weighted by Crippen LogP contribution is -2.30. The molecule has 0 saturated carbocycles. The van der Waals surface area contributed by atoms with Crippen molar-refractivity contribution in [3.8, 4) is 11.5 Å². The molecule has 2 aromatic carbocycles. The highest BCUT2D eigenvalue weighted by Gasteiger charge is 2.26. The Morgan fingerprint density at radius 2 is 1.87 bits per heavy atom. The molecule has 0 aliphatic carbocycles. The lowest BCUT2D eigenvalue weighted by atomic mass is 10.1. The number of halogens is 1. The Morgan fingerprint density at radius 1 is 1.17 bits per heavy atom. The number of carbonyl (C=O) groups is 2. The molecular weight excluding hydrogens is 399 g/mol. The van der Waals surface area contributed by atoms with Crippen molar-refractivity contribution < 1.29 is 33.1 Å². The van der Waals surface area contributed by atoms with Crippen LogP contribution in [-0.4, -0.2) is 43.7 Å². The van der Waals surface area contributed by atoms with Gasteiger partial charge in [-0.25, -0.2) is 9.18 Å². The van der Waals surface area contributed by atoms with Crippen molar-refractivity contribution in [3.05, 3.63) is 63.5 Å². The van der Waals surface area contributed by atoms with Gasteiger partial charge in [0.05, 0.1) is 24.7 Å². The summed E-state index contributed by atoms with van der Waals surface area (Å²) >= 11 is 0. The Labute approximate surface area is 171 Å². The quantitative estimate of drug-likeness (QED) is 0.357. The van der Waals surface area contributed by atoms with Gasteiger partial charge in [-0.15, -0.1) is 0 Å². The first-order valence-electron chi connectivity index (χ1n) is 9.03. The fraction of sp³-hybridized carbons (Fsp3) is 0.300. The summed E-state index contributed by atoms with van der Waals surface area (Å²) in [6.45, 7) is 1.57. The van der Waals surface area contributed by atoms with Gasteiger partial charge in [0.25, 0.3) is 11.6 Å². The van der Waals surface area contributed by atoms with Crippen molar-refractivity contribution in [1.29, 1.82) is 0 Å². The summed E-state index contributed by atoms with van der Waals surface area (Å²) in [6.07, 6.45) is 0.460. The van der Waals surface area contributed by atoms with Crippen LogP contribution in [0.1, 0.15) is 22.8 Å². The van der Waals surface area contributed by atoms with E-state index in [1.165, 1.54) is 19.2 Å². The monoisotopic (exact) mass is 420 g/mol. The Balaban J connectivity index is 1.96. The number of amides is 1. The Hall–Kier alpha value is -3.69. The lowest BCUT2D eigenvalue weighted by molar-refractivity contribution is -0.385. The summed E-state index contributed by atoms with van der Waals surface area (Å²) in [7, 11) is 1.33. The van der Waals surface area contributed by atoms with Crippen molar-refractivity contribution in [1.82, 2.24) is 5.32 Å². The van der Waals surface area contributed by atoms with Gasteiger partial charge >= 0.3 is 5.97 Å². The number of hydrogen-bond acceptors (Lipinski definition) is 7. The summed E-state index contributed by atoms with van der Waals surface area (Å²) in [5, 5.41) is 13.9. The van der Waals surface area contributed by atoms with E-state index in [4.69, 9.17) is 14.2 Å². The molecule has 0 aliphatic rings. The third kappa shape index (κ3) is 6.16. The fourth-order valence-electron chi connectivity index (χ4n) is 2.55. The molecule has 2 rings (SSSR count). The van der Waals surface area contributed by atoms with E-state index in [1.807, 2.05) is 0 Å². The van der Waals surface area contributed by atoms with Crippen LogP contribution in [0.5, 0.6) is 11.5 Å². The number of nitro groups is 1. The molecule has 1 N–H and O–H groups in total. The third-order valence-electron chi connectivity index (χ3n) is 3.98. The summed E-state index contributed by atoms with van der Waals surface area (Å²) in [5.41, 5.74) is -0.0637. The molecular formula is C20H21FN2O7. The molecule has 0 aromatic heterocycles. The average molecular weight is 420 g/mol. The second-order valence-electron chi connectivity index (χ2n) is 6.01. The smallest absolute Gasteiger partial charge is 0.345 e. The van der Waals surface area contributed by atoms with Gasteiger partial charge in [-0.1, -0.05) is 12.1 Å². The summed E-state index contributed by atoms with van der Waals surface area (Å²) < 4.78 is 28.1. The molecule has 0 heterocycles. The maximum atomic E-state index is 12.9. The van der Waals surface area contributed by atoms with Gasteiger partial charge in [0.2, 0.25) is 0 Å². The normalized spacial score (nSPS) is 10.2. The van der Waals surface area contributed by atoms with Crippen LogP contribution < -0.4 is 14.8 Å². The molecule has 9 nitrogen and oxygen atoms in total. The molecule has 0 unspecified atom stereocenters. The van der Waals surface area contributed by atoms with Crippen LogP contribution in [0.25, 0.3) is 0 Å². The highest BCUT2D eigenvalue weighted by atomic mass is 19.1. The van der Waals surface area contributed by atoms with Crippen molar-refractivity contribution in [2.75, 3.05) is 26.9 Å². The third-order valence-corrected chi connectivity index (χ3v) is 3.98. The summed E-state index contributed by atoms with van der Waals surface area (Å²) in [5.74, 6) is -1.74. The molecule has 0 bridgehead atoms. The van der Waals surface area contributed by atoms with E-state index in [0.29, 0.717) is 6.42 Å². The molecule has 0 spiro atoms. The maximum Gasteiger partial charge on any atom is 0.345 e. The number of rotatable bonds is 10. The van der Waals surface area contributed by atoms with Crippen LogP contribution in [0.2, 0.25) is 0 Å². The van der Waals surface area contributed by atoms with Crippen LogP contribution in [0.3, 0.4) is 0 Å². The molecule has 0 aliphatic heterocycles. The van der Waals surface area contributed by atoms with Gasteiger partial charge in [0.1, 0.15) is 11.4 Å². The minimum Gasteiger partial charge on any atom is -0.493 e. The highest BCUT2D eigenvalue weighted by molar-refractivity contribution is 5.96. The molecule has 10 heteroatoms. The molecule has 0 atom stereocenters. The zero-order valence-electron chi connectivity index (χ0n) is 16.5. The minimum atomic E-state index is -1.04. The second kappa shape index (κ2) is 10.7. The van der Waals surface area contributed by atoms with Crippen molar-refractivity contribution in [2.45, 2.75) is 13.3 Å². The molecule has 0 saturated heterocycles. The van der Waals surface area contributed by atoms with E-state index in [0.717, 1.165) is 17.7 Å². The number of hydrogen-bond donors (Lipinski definition) is 1. The number of benzene rings is 2. The Bertz CT molecular complexity index is 916. The number of nitro benzene ring substituents is 1. The fourth-order valence-corrected chi connectivity index (χ4v) is 2.55. The van der Waals surface area contributed by atoms with E-state index < -0.39 is 29.1 Å². The van der Waals surface area contributed by atoms with Crippen LogP contribution in [0.4, 0.5) is 10.1 Å². The van der Waals surface area contributed by atoms with Crippen molar-refractivity contribution >= 4 is 17.6 Å². The number of ether oxygens (including phenoxy) is 3. The number of nitrogens with zero attached hydrogens (tertiary/aromatic N) is 1. The van der Waals surface area contributed by atoms with Crippen LogP contribution in [-0.2, 0) is 16.0 Å².